The fourth-order valence-electron chi connectivity index (χ4n) is 8.06. The molecular formula is C48H90O. The smallest absolute Gasteiger partial charge is 0.119 e. The third-order valence-corrected chi connectivity index (χ3v) is 11.5. The van der Waals surface area contributed by atoms with E-state index in [0.29, 0.717) is 17.6 Å². The van der Waals surface area contributed by atoms with Gasteiger partial charge in [0.05, 0.1) is 0 Å². The van der Waals surface area contributed by atoms with Gasteiger partial charge in [0.25, 0.3) is 0 Å². The lowest BCUT2D eigenvalue weighted by molar-refractivity contribution is 0.437. The second-order valence-electron chi connectivity index (χ2n) is 16.7. The minimum atomic E-state index is 0.533. The summed E-state index contributed by atoms with van der Waals surface area (Å²) in [7, 11) is 0. The monoisotopic (exact) mass is 683 g/mol. The first-order valence-electron chi connectivity index (χ1n) is 22.9. The van der Waals surface area contributed by atoms with Crippen LogP contribution in [0.1, 0.15) is 257 Å². The van der Waals surface area contributed by atoms with Crippen molar-refractivity contribution >= 4 is 0 Å². The van der Waals surface area contributed by atoms with E-state index in [9.17, 15) is 5.11 Å². The summed E-state index contributed by atoms with van der Waals surface area (Å²) in [5.41, 5.74) is 2.65. The van der Waals surface area contributed by atoms with Gasteiger partial charge in [-0.25, -0.2) is 0 Å². The maximum absolute atomic E-state index is 10.8. The molecule has 0 aliphatic heterocycles. The number of phenols is 1. The van der Waals surface area contributed by atoms with Gasteiger partial charge in [-0.2, -0.15) is 0 Å². The van der Waals surface area contributed by atoms with E-state index in [1.165, 1.54) is 229 Å². The summed E-state index contributed by atoms with van der Waals surface area (Å²) < 4.78 is 0. The van der Waals surface area contributed by atoms with Crippen molar-refractivity contribution in [3.05, 3.63) is 29.3 Å². The average molecular weight is 683 g/mol. The van der Waals surface area contributed by atoms with E-state index >= 15 is 0 Å². The summed E-state index contributed by atoms with van der Waals surface area (Å²) in [6, 6.07) is 6.27. The molecule has 1 heteroatoms. The van der Waals surface area contributed by atoms with Crippen molar-refractivity contribution in [1.82, 2.24) is 0 Å². The Labute approximate surface area is 310 Å². The molecule has 0 radical (unpaired) electrons. The highest BCUT2D eigenvalue weighted by molar-refractivity contribution is 5.39. The molecule has 0 bridgehead atoms. The number of rotatable bonds is 38. The van der Waals surface area contributed by atoms with Crippen LogP contribution < -0.4 is 0 Å². The predicted octanol–water partition coefficient (Wildman–Crippen LogP) is 17.1. The number of benzene rings is 1. The van der Waals surface area contributed by atoms with Gasteiger partial charge in [0, 0.05) is 0 Å². The normalized spacial score (nSPS) is 12.9. The summed E-state index contributed by atoms with van der Waals surface area (Å²) in [4.78, 5) is 0. The third kappa shape index (κ3) is 29.3. The Bertz CT molecular complexity index is 798. The Kier molecular flexibility index (Phi) is 33.3. The highest BCUT2D eigenvalue weighted by atomic mass is 16.3. The van der Waals surface area contributed by atoms with Crippen LogP contribution in [0.5, 0.6) is 5.75 Å². The van der Waals surface area contributed by atoms with Crippen molar-refractivity contribution in [2.45, 2.75) is 259 Å². The molecule has 0 spiro atoms. The summed E-state index contributed by atoms with van der Waals surface area (Å²) in [5.74, 6) is 1.88. The topological polar surface area (TPSA) is 20.2 Å². The molecule has 2 atom stereocenters. The highest BCUT2D eigenvalue weighted by Gasteiger charge is 2.14. The van der Waals surface area contributed by atoms with Crippen LogP contribution in [0.3, 0.4) is 0 Å². The number of aromatic hydroxyl groups is 1. The second-order valence-corrected chi connectivity index (χ2v) is 16.7. The molecular weight excluding hydrogens is 593 g/mol. The first-order chi connectivity index (χ1) is 24.1. The largest absolute Gasteiger partial charge is 0.508 e. The molecule has 1 rings (SSSR count). The van der Waals surface area contributed by atoms with Crippen LogP contribution in [0.2, 0.25) is 0 Å². The van der Waals surface area contributed by atoms with E-state index in [2.05, 4.69) is 39.8 Å². The third-order valence-electron chi connectivity index (χ3n) is 11.5. The number of unbranched alkanes of at least 4 members (excludes halogenated alkanes) is 30. The first-order valence-corrected chi connectivity index (χ1v) is 22.9. The maximum atomic E-state index is 10.8. The van der Waals surface area contributed by atoms with Crippen LogP contribution in [0, 0.1) is 11.8 Å². The zero-order valence-corrected chi connectivity index (χ0v) is 34.3. The molecule has 0 aliphatic rings. The molecule has 0 saturated heterocycles. The van der Waals surface area contributed by atoms with Crippen molar-refractivity contribution in [3.8, 4) is 5.75 Å². The number of phenolic OH excluding ortho intramolecular Hbond substituents is 1. The maximum Gasteiger partial charge on any atom is 0.119 e. The second kappa shape index (κ2) is 35.4. The molecule has 2 unspecified atom stereocenters. The summed E-state index contributed by atoms with van der Waals surface area (Å²) in [5, 5.41) is 10.8. The molecule has 0 amide bonds. The number of hydrogen-bond donors (Lipinski definition) is 1. The molecule has 49 heavy (non-hydrogen) atoms. The van der Waals surface area contributed by atoms with E-state index in [1.807, 2.05) is 6.07 Å². The van der Waals surface area contributed by atoms with Gasteiger partial charge in [0.15, 0.2) is 0 Å². The number of hydrogen-bond acceptors (Lipinski definition) is 1. The van der Waals surface area contributed by atoms with Gasteiger partial charge in [0.1, 0.15) is 5.75 Å². The highest BCUT2D eigenvalue weighted by Crippen LogP contribution is 2.29. The Morgan fingerprint density at radius 1 is 0.388 bits per heavy atom. The predicted molar refractivity (Wildman–Crippen MR) is 222 cm³/mol. The lowest BCUT2D eigenvalue weighted by Crippen LogP contribution is -2.07. The fraction of sp³-hybridized carbons (Fsp3) is 0.875. The van der Waals surface area contributed by atoms with Crippen LogP contribution in [0.4, 0.5) is 0 Å². The van der Waals surface area contributed by atoms with Crippen LogP contribution in [-0.4, -0.2) is 5.11 Å². The average Bonchev–Trinajstić information content (AvgIpc) is 3.09. The minimum Gasteiger partial charge on any atom is -0.508 e. The van der Waals surface area contributed by atoms with E-state index in [-0.39, 0.29) is 0 Å². The van der Waals surface area contributed by atoms with E-state index < -0.39 is 0 Å². The van der Waals surface area contributed by atoms with Crippen molar-refractivity contribution in [2.75, 3.05) is 0 Å². The van der Waals surface area contributed by atoms with Gasteiger partial charge in [-0.05, 0) is 41.9 Å². The van der Waals surface area contributed by atoms with Gasteiger partial charge >= 0.3 is 0 Å². The molecule has 1 aromatic carbocycles. The molecule has 1 nitrogen and oxygen atoms in total. The zero-order valence-electron chi connectivity index (χ0n) is 34.3. The van der Waals surface area contributed by atoms with Gasteiger partial charge in [-0.1, -0.05) is 258 Å². The molecule has 1 N–H and O–H groups in total. The molecule has 0 saturated carbocycles. The first kappa shape index (κ1) is 46.0. The van der Waals surface area contributed by atoms with Crippen LogP contribution in [0.15, 0.2) is 18.2 Å². The Hall–Kier alpha value is -0.980. The Morgan fingerprint density at radius 3 is 1.00 bits per heavy atom. The minimum absolute atomic E-state index is 0.533. The van der Waals surface area contributed by atoms with Crippen molar-refractivity contribution in [1.29, 1.82) is 0 Å². The zero-order chi connectivity index (χ0) is 35.5. The molecule has 0 fully saturated rings. The van der Waals surface area contributed by atoms with E-state index in [4.69, 9.17) is 0 Å². The Balaban J connectivity index is 2.04. The molecule has 0 aliphatic carbocycles. The van der Waals surface area contributed by atoms with E-state index in [1.54, 1.807) is 0 Å². The van der Waals surface area contributed by atoms with Crippen molar-refractivity contribution in [2.24, 2.45) is 11.8 Å². The van der Waals surface area contributed by atoms with Crippen LogP contribution >= 0.6 is 0 Å². The molecule has 1 aromatic rings. The van der Waals surface area contributed by atoms with Crippen LogP contribution in [0.25, 0.3) is 0 Å². The van der Waals surface area contributed by atoms with Crippen LogP contribution in [-0.2, 0) is 12.8 Å². The van der Waals surface area contributed by atoms with Gasteiger partial charge in [-0.3, -0.25) is 0 Å². The lowest BCUT2D eigenvalue weighted by atomic mass is 9.87. The van der Waals surface area contributed by atoms with Gasteiger partial charge in [-0.15, -0.1) is 0 Å². The molecule has 0 heterocycles. The van der Waals surface area contributed by atoms with Gasteiger partial charge < -0.3 is 5.11 Å². The summed E-state index contributed by atoms with van der Waals surface area (Å²) in [6.07, 6.45) is 50.6. The quantitative estimate of drug-likeness (QED) is 0.0688. The Morgan fingerprint density at radius 2 is 0.673 bits per heavy atom. The van der Waals surface area contributed by atoms with Crippen molar-refractivity contribution in [3.63, 3.8) is 0 Å². The SMILES string of the molecule is CCCCCCCCCCCCCCCCCCC(C)Cc1cccc(O)c1CC(C)CCCCCCCCCCCCCCCCCC. The molecule has 288 valence electrons. The van der Waals surface area contributed by atoms with Gasteiger partial charge in [0.2, 0.25) is 0 Å². The summed E-state index contributed by atoms with van der Waals surface area (Å²) in [6.45, 7) is 9.44. The molecule has 0 aromatic heterocycles. The fourth-order valence-corrected chi connectivity index (χ4v) is 8.06. The summed E-state index contributed by atoms with van der Waals surface area (Å²) >= 11 is 0. The lowest BCUT2D eigenvalue weighted by Gasteiger charge is -2.19. The van der Waals surface area contributed by atoms with E-state index in [0.717, 1.165) is 12.8 Å². The van der Waals surface area contributed by atoms with Crippen molar-refractivity contribution < 1.29 is 5.11 Å². The standard InChI is InChI=1S/C48H90O/c1-5-7-9-11-13-15-17-19-21-23-25-27-29-31-33-35-38-44(3)42-46-40-37-41-48(49)47(46)43-45(4)39-36-34-32-30-28-26-24-22-20-18-16-14-12-10-8-6-2/h37,40-41,44-45,49H,5-36,38-39,42-43H2,1-4H3.